The number of benzene rings is 1. The first-order chi connectivity index (χ1) is 6.69. The van der Waals surface area contributed by atoms with Crippen LogP contribution in [0.25, 0.3) is 0 Å². The number of nitrogens with zero attached hydrogens (tertiary/aromatic N) is 1. The molecule has 0 saturated carbocycles. The van der Waals surface area contributed by atoms with Gasteiger partial charge in [0.1, 0.15) is 0 Å². The third-order valence-corrected chi connectivity index (χ3v) is 2.92. The Hall–Kier alpha value is -0.280. The van der Waals surface area contributed by atoms with Crippen LogP contribution in [0.15, 0.2) is 24.3 Å². The van der Waals surface area contributed by atoms with Crippen molar-refractivity contribution < 1.29 is 0 Å². The maximum Gasteiger partial charge on any atom is 0.0692 e. The maximum absolute atomic E-state index is 4.27. The molecule has 1 aromatic carbocycles. The minimum absolute atomic E-state index is 0.0146. The van der Waals surface area contributed by atoms with Gasteiger partial charge in [-0.25, -0.2) is 0 Å². The lowest BCUT2D eigenvalue weighted by Crippen LogP contribution is -2.21. The summed E-state index contributed by atoms with van der Waals surface area (Å²) in [5.74, 6) is 0. The van der Waals surface area contributed by atoms with Crippen molar-refractivity contribution in [3.8, 4) is 0 Å². The number of anilines is 1. The summed E-state index contributed by atoms with van der Waals surface area (Å²) >= 11 is 8.54. The van der Waals surface area contributed by atoms with Gasteiger partial charge in [0, 0.05) is 18.8 Å². The van der Waals surface area contributed by atoms with Gasteiger partial charge in [-0.15, -0.1) is 0 Å². The second-order valence-corrected chi connectivity index (χ2v) is 4.58. The molecule has 0 spiro atoms. The van der Waals surface area contributed by atoms with Crippen LogP contribution in [-0.2, 0) is 0 Å². The van der Waals surface area contributed by atoms with Crippen LogP contribution in [0.5, 0.6) is 0 Å². The molecule has 1 rings (SSSR count). The fourth-order valence-electron chi connectivity index (χ4n) is 1.45. The van der Waals surface area contributed by atoms with Crippen molar-refractivity contribution in [1.29, 1.82) is 0 Å². The highest BCUT2D eigenvalue weighted by Crippen LogP contribution is 2.25. The van der Waals surface area contributed by atoms with E-state index < -0.39 is 0 Å². The van der Waals surface area contributed by atoms with E-state index >= 15 is 0 Å². The third-order valence-electron chi connectivity index (χ3n) is 2.32. The highest BCUT2D eigenvalue weighted by molar-refractivity contribution is 7.98. The van der Waals surface area contributed by atoms with Gasteiger partial charge in [-0.05, 0) is 31.5 Å². The van der Waals surface area contributed by atoms with Crippen molar-refractivity contribution in [2.24, 2.45) is 0 Å². The van der Waals surface area contributed by atoms with Crippen LogP contribution >= 0.6 is 25.3 Å². The molecule has 0 bridgehead atoms. The summed E-state index contributed by atoms with van der Waals surface area (Å²) in [6.07, 6.45) is 0. The molecule has 0 radical (unpaired) electrons. The van der Waals surface area contributed by atoms with E-state index in [-0.39, 0.29) is 4.58 Å². The molecule has 0 aromatic heterocycles. The molecule has 0 aliphatic heterocycles. The minimum atomic E-state index is 0.0146. The van der Waals surface area contributed by atoms with Crippen LogP contribution in [0, 0.1) is 0 Å². The Morgan fingerprint density at radius 2 is 1.57 bits per heavy atom. The van der Waals surface area contributed by atoms with Gasteiger partial charge in [0.15, 0.2) is 0 Å². The van der Waals surface area contributed by atoms with E-state index in [0.717, 1.165) is 18.7 Å². The molecule has 0 atom stereocenters. The molecule has 1 aromatic rings. The summed E-state index contributed by atoms with van der Waals surface area (Å²) in [4.78, 5) is 2.32. The van der Waals surface area contributed by atoms with Gasteiger partial charge in [0.05, 0.1) is 4.58 Å². The summed E-state index contributed by atoms with van der Waals surface area (Å²) < 4.78 is 0.0146. The zero-order valence-electron chi connectivity index (χ0n) is 8.64. The van der Waals surface area contributed by atoms with Crippen molar-refractivity contribution in [2.45, 2.75) is 18.4 Å². The van der Waals surface area contributed by atoms with Gasteiger partial charge in [0.2, 0.25) is 0 Å². The van der Waals surface area contributed by atoms with Crippen LogP contribution < -0.4 is 4.90 Å². The van der Waals surface area contributed by atoms with Crippen molar-refractivity contribution in [3.63, 3.8) is 0 Å². The molecular weight excluding hydrogens is 210 g/mol. The van der Waals surface area contributed by atoms with Gasteiger partial charge in [-0.2, -0.15) is 25.3 Å². The molecule has 14 heavy (non-hydrogen) atoms. The van der Waals surface area contributed by atoms with Crippen molar-refractivity contribution in [2.75, 3.05) is 18.0 Å². The fourth-order valence-corrected chi connectivity index (χ4v) is 1.79. The van der Waals surface area contributed by atoms with Gasteiger partial charge in [0.25, 0.3) is 0 Å². The SMILES string of the molecule is CCN(CC)c1ccc(C(S)S)cc1. The van der Waals surface area contributed by atoms with Crippen LogP contribution in [0.2, 0.25) is 0 Å². The largest absolute Gasteiger partial charge is 0.372 e. The molecule has 0 N–H and O–H groups in total. The lowest BCUT2D eigenvalue weighted by molar-refractivity contribution is 0.866. The van der Waals surface area contributed by atoms with Crippen molar-refractivity contribution in [1.82, 2.24) is 0 Å². The molecule has 0 fully saturated rings. The molecule has 0 aliphatic rings. The van der Waals surface area contributed by atoms with Crippen LogP contribution in [0.1, 0.15) is 24.0 Å². The summed E-state index contributed by atoms with van der Waals surface area (Å²) in [6.45, 7) is 6.41. The molecule has 0 aliphatic carbocycles. The Labute approximate surface area is 97.3 Å². The third kappa shape index (κ3) is 2.85. The quantitative estimate of drug-likeness (QED) is 0.589. The lowest BCUT2D eigenvalue weighted by atomic mass is 10.2. The summed E-state index contributed by atoms with van der Waals surface area (Å²) in [7, 11) is 0. The average molecular weight is 227 g/mol. The van der Waals surface area contributed by atoms with Crippen LogP contribution in [0.4, 0.5) is 5.69 Å². The molecule has 3 heteroatoms. The average Bonchev–Trinajstić information content (AvgIpc) is 2.20. The molecule has 0 amide bonds. The van der Waals surface area contributed by atoms with E-state index in [2.05, 4.69) is 68.3 Å². The van der Waals surface area contributed by atoms with Gasteiger partial charge < -0.3 is 4.90 Å². The Morgan fingerprint density at radius 3 is 1.93 bits per heavy atom. The van der Waals surface area contributed by atoms with Crippen LogP contribution in [0.3, 0.4) is 0 Å². The maximum atomic E-state index is 4.27. The molecule has 1 nitrogen and oxygen atoms in total. The standard InChI is InChI=1S/C11H17NS2/c1-3-12(4-2)10-7-5-9(6-8-10)11(13)14/h5-8,11,13-14H,3-4H2,1-2H3. The monoisotopic (exact) mass is 227 g/mol. The Balaban J connectivity index is 2.81. The smallest absolute Gasteiger partial charge is 0.0692 e. The molecule has 0 unspecified atom stereocenters. The van der Waals surface area contributed by atoms with E-state index in [9.17, 15) is 0 Å². The van der Waals surface area contributed by atoms with E-state index in [1.807, 2.05) is 0 Å². The minimum Gasteiger partial charge on any atom is -0.372 e. The van der Waals surface area contributed by atoms with Gasteiger partial charge in [-0.1, -0.05) is 12.1 Å². The van der Waals surface area contributed by atoms with E-state index in [0.29, 0.717) is 0 Å². The first kappa shape index (κ1) is 11.8. The summed E-state index contributed by atoms with van der Waals surface area (Å²) in [6, 6.07) is 8.42. The molecular formula is C11H17NS2. The predicted octanol–water partition coefficient (Wildman–Crippen LogP) is 3.39. The fraction of sp³-hybridized carbons (Fsp3) is 0.455. The van der Waals surface area contributed by atoms with Gasteiger partial charge >= 0.3 is 0 Å². The molecule has 0 heterocycles. The Morgan fingerprint density at radius 1 is 1.07 bits per heavy atom. The first-order valence-electron chi connectivity index (χ1n) is 4.90. The number of thiol groups is 2. The molecule has 78 valence electrons. The first-order valence-corrected chi connectivity index (χ1v) is 5.93. The zero-order chi connectivity index (χ0) is 10.6. The van der Waals surface area contributed by atoms with E-state index in [4.69, 9.17) is 0 Å². The zero-order valence-corrected chi connectivity index (χ0v) is 10.4. The second-order valence-electron chi connectivity index (χ2n) is 3.14. The van der Waals surface area contributed by atoms with E-state index in [1.165, 1.54) is 5.69 Å². The predicted molar refractivity (Wildman–Crippen MR) is 70.7 cm³/mol. The van der Waals surface area contributed by atoms with Gasteiger partial charge in [-0.3, -0.25) is 0 Å². The van der Waals surface area contributed by atoms with E-state index in [1.54, 1.807) is 0 Å². The second kappa shape index (κ2) is 5.56. The molecule has 0 saturated heterocycles. The normalized spacial score (nSPS) is 10.6. The van der Waals surface area contributed by atoms with Crippen LogP contribution in [-0.4, -0.2) is 13.1 Å². The number of rotatable bonds is 4. The topological polar surface area (TPSA) is 3.24 Å². The lowest BCUT2D eigenvalue weighted by Gasteiger charge is -2.21. The Kier molecular flexibility index (Phi) is 4.69. The summed E-state index contributed by atoms with van der Waals surface area (Å²) in [5, 5.41) is 0. The summed E-state index contributed by atoms with van der Waals surface area (Å²) in [5.41, 5.74) is 2.41. The number of hydrogen-bond donors (Lipinski definition) is 2. The highest BCUT2D eigenvalue weighted by Gasteiger charge is 2.03. The van der Waals surface area contributed by atoms with Crippen molar-refractivity contribution in [3.05, 3.63) is 29.8 Å². The number of hydrogen-bond acceptors (Lipinski definition) is 3. The van der Waals surface area contributed by atoms with Crippen molar-refractivity contribution >= 4 is 30.9 Å². The Bertz CT molecular complexity index is 265. The highest BCUT2D eigenvalue weighted by atomic mass is 32.2.